The van der Waals surface area contributed by atoms with Crippen molar-refractivity contribution >= 4 is 22.1 Å². The quantitative estimate of drug-likeness (QED) is 0.578. The molecule has 8 nitrogen and oxygen atoms in total. The number of aliphatic hydroxyl groups is 1. The van der Waals surface area contributed by atoms with Crippen LogP contribution in [0, 0.1) is 11.3 Å². The van der Waals surface area contributed by atoms with Gasteiger partial charge in [-0.1, -0.05) is 0 Å². The van der Waals surface area contributed by atoms with Gasteiger partial charge in [0.1, 0.15) is 29.2 Å². The normalized spacial score (nSPS) is 18.1. The van der Waals surface area contributed by atoms with Crippen LogP contribution in [0.3, 0.4) is 0 Å². The van der Waals surface area contributed by atoms with Gasteiger partial charge in [-0.2, -0.15) is 10.4 Å². The average Bonchev–Trinajstić information content (AvgIpc) is 3.34. The lowest BCUT2D eigenvalue weighted by molar-refractivity contribution is 0.177. The molecule has 0 saturated heterocycles. The van der Waals surface area contributed by atoms with Crippen LogP contribution in [-0.2, 0) is 13.0 Å². The number of H-pyrrole nitrogens is 1. The second-order valence-corrected chi connectivity index (χ2v) is 6.76. The largest absolute Gasteiger partial charge is 0.385 e. The number of aliphatic hydroxyl groups excluding tert-OH is 1. The third-order valence-corrected chi connectivity index (χ3v) is 5.10. The predicted octanol–water partition coefficient (Wildman–Crippen LogP) is 2.22. The number of aryl methyl sites for hydroxylation is 1. The first-order valence-corrected chi connectivity index (χ1v) is 8.64. The molecule has 2 N–H and O–H groups in total. The van der Waals surface area contributed by atoms with E-state index in [2.05, 4.69) is 30.7 Å². The Labute approximate surface area is 148 Å². The van der Waals surface area contributed by atoms with Crippen LogP contribution in [0.4, 0.5) is 0 Å². The molecule has 0 aromatic carbocycles. The highest BCUT2D eigenvalue weighted by Crippen LogP contribution is 2.34. The lowest BCUT2D eigenvalue weighted by Gasteiger charge is -2.27. The Bertz CT molecular complexity index is 1170. The van der Waals surface area contributed by atoms with Gasteiger partial charge >= 0.3 is 0 Å². The summed E-state index contributed by atoms with van der Waals surface area (Å²) in [6.45, 7) is 2.38. The molecule has 5 heterocycles. The summed E-state index contributed by atoms with van der Waals surface area (Å²) in [5.41, 5.74) is 4.08. The van der Waals surface area contributed by atoms with Gasteiger partial charge < -0.3 is 14.7 Å². The molecule has 130 valence electrons. The average molecular weight is 347 g/mol. The molecular weight excluding hydrogens is 330 g/mol. The van der Waals surface area contributed by atoms with Crippen LogP contribution in [-0.4, -0.2) is 34.4 Å². The van der Waals surface area contributed by atoms with Crippen molar-refractivity contribution in [3.8, 4) is 6.07 Å². The van der Waals surface area contributed by atoms with Crippen molar-refractivity contribution in [2.24, 2.45) is 0 Å². The number of imidazole rings is 1. The molecule has 0 radical (unpaired) electrons. The first kappa shape index (κ1) is 15.1. The van der Waals surface area contributed by atoms with Crippen LogP contribution in [0.1, 0.15) is 42.7 Å². The zero-order valence-electron chi connectivity index (χ0n) is 14.2. The highest BCUT2D eigenvalue weighted by atomic mass is 16.3. The van der Waals surface area contributed by atoms with Crippen LogP contribution >= 0.6 is 0 Å². The summed E-state index contributed by atoms with van der Waals surface area (Å²) in [6.07, 6.45) is 4.65. The fourth-order valence-corrected chi connectivity index (χ4v) is 3.96. The van der Waals surface area contributed by atoms with Crippen molar-refractivity contribution in [1.82, 2.24) is 29.3 Å². The van der Waals surface area contributed by atoms with Crippen LogP contribution in [0.2, 0.25) is 0 Å². The van der Waals surface area contributed by atoms with Gasteiger partial charge in [0.15, 0.2) is 5.69 Å². The molecular formula is C18H17N7O. The molecule has 0 unspecified atom stereocenters. The minimum Gasteiger partial charge on any atom is -0.385 e. The van der Waals surface area contributed by atoms with Crippen LogP contribution in [0.15, 0.2) is 24.5 Å². The van der Waals surface area contributed by atoms with Gasteiger partial charge in [0.25, 0.3) is 0 Å². The van der Waals surface area contributed by atoms with Gasteiger partial charge in [-0.05, 0) is 31.9 Å². The summed E-state index contributed by atoms with van der Waals surface area (Å²) < 4.78 is 4.04. The number of aromatic amines is 1. The molecule has 0 amide bonds. The molecule has 8 heteroatoms. The van der Waals surface area contributed by atoms with Crippen molar-refractivity contribution in [3.05, 3.63) is 41.7 Å². The van der Waals surface area contributed by atoms with Crippen LogP contribution in [0.5, 0.6) is 0 Å². The van der Waals surface area contributed by atoms with E-state index < -0.39 is 6.10 Å². The smallest absolute Gasteiger partial charge is 0.162 e. The van der Waals surface area contributed by atoms with E-state index in [0.29, 0.717) is 18.1 Å². The van der Waals surface area contributed by atoms with Gasteiger partial charge in [-0.25, -0.2) is 9.97 Å². The number of aromatic nitrogens is 6. The molecule has 1 aliphatic rings. The van der Waals surface area contributed by atoms with Gasteiger partial charge in [-0.3, -0.25) is 4.68 Å². The first-order chi connectivity index (χ1) is 12.7. The van der Waals surface area contributed by atoms with E-state index in [4.69, 9.17) is 5.26 Å². The van der Waals surface area contributed by atoms with Gasteiger partial charge in [0, 0.05) is 17.3 Å². The van der Waals surface area contributed by atoms with Gasteiger partial charge in [-0.15, -0.1) is 0 Å². The van der Waals surface area contributed by atoms with E-state index in [1.807, 2.05) is 23.0 Å². The summed E-state index contributed by atoms with van der Waals surface area (Å²) in [5.74, 6) is 0.636. The third-order valence-electron chi connectivity index (χ3n) is 5.10. The Balaban J connectivity index is 1.71. The fourth-order valence-electron chi connectivity index (χ4n) is 3.96. The zero-order valence-corrected chi connectivity index (χ0v) is 14.2. The Morgan fingerprint density at radius 2 is 2.35 bits per heavy atom. The van der Waals surface area contributed by atoms with E-state index in [1.165, 1.54) is 0 Å². The summed E-state index contributed by atoms with van der Waals surface area (Å²) in [7, 11) is 0. The maximum Gasteiger partial charge on any atom is 0.162 e. The predicted molar refractivity (Wildman–Crippen MR) is 94.3 cm³/mol. The van der Waals surface area contributed by atoms with Crippen LogP contribution < -0.4 is 0 Å². The Morgan fingerprint density at radius 3 is 3.15 bits per heavy atom. The number of pyridine rings is 1. The number of hydrogen-bond acceptors (Lipinski definition) is 5. The van der Waals surface area contributed by atoms with E-state index in [-0.39, 0.29) is 6.04 Å². The molecule has 0 fully saturated rings. The van der Waals surface area contributed by atoms with E-state index >= 15 is 0 Å². The van der Waals surface area contributed by atoms with Crippen molar-refractivity contribution in [1.29, 1.82) is 5.26 Å². The Hall–Kier alpha value is -3.18. The van der Waals surface area contributed by atoms with E-state index in [9.17, 15) is 5.11 Å². The molecule has 0 saturated carbocycles. The zero-order chi connectivity index (χ0) is 17.8. The number of fused-ring (bicyclic) bond motifs is 4. The molecule has 0 bridgehead atoms. The van der Waals surface area contributed by atoms with Gasteiger partial charge in [0.05, 0.1) is 24.3 Å². The van der Waals surface area contributed by atoms with Crippen molar-refractivity contribution < 1.29 is 5.11 Å². The Kier molecular flexibility index (Phi) is 3.14. The maximum absolute atomic E-state index is 10.3. The second kappa shape index (κ2) is 5.41. The number of nitrogens with zero attached hydrogens (tertiary/aromatic N) is 6. The highest BCUT2D eigenvalue weighted by Gasteiger charge is 2.28. The summed E-state index contributed by atoms with van der Waals surface area (Å²) in [4.78, 5) is 12.2. The third kappa shape index (κ3) is 2.07. The minimum atomic E-state index is -0.690. The number of hydrogen-bond donors (Lipinski definition) is 2. The molecule has 5 rings (SSSR count). The molecule has 2 atom stereocenters. The van der Waals surface area contributed by atoms with E-state index in [0.717, 1.165) is 40.6 Å². The molecule has 26 heavy (non-hydrogen) atoms. The molecule has 1 aliphatic heterocycles. The van der Waals surface area contributed by atoms with Crippen molar-refractivity contribution in [3.63, 3.8) is 0 Å². The summed E-state index contributed by atoms with van der Waals surface area (Å²) in [5, 5.41) is 24.8. The topological polar surface area (TPSA) is 108 Å². The lowest BCUT2D eigenvalue weighted by atomic mass is 10.0. The van der Waals surface area contributed by atoms with Crippen LogP contribution in [0.25, 0.3) is 22.1 Å². The van der Waals surface area contributed by atoms with Crippen molar-refractivity contribution in [2.45, 2.75) is 38.5 Å². The highest BCUT2D eigenvalue weighted by molar-refractivity contribution is 6.01. The molecule has 4 aromatic rings. The maximum atomic E-state index is 10.3. The number of nitrogens with one attached hydrogen (secondary N) is 1. The second-order valence-electron chi connectivity index (χ2n) is 6.76. The first-order valence-electron chi connectivity index (χ1n) is 8.64. The summed E-state index contributed by atoms with van der Waals surface area (Å²) in [6, 6.07) is 6.06. The monoisotopic (exact) mass is 347 g/mol. The number of nitriles is 1. The van der Waals surface area contributed by atoms with Crippen molar-refractivity contribution in [2.75, 3.05) is 0 Å². The SMILES string of the molecule is C[C@@H](O)c1nc2cnc3[nH]ccc3c2n1[C@H]1CCc2cc(C#N)nn2C1. The minimum absolute atomic E-state index is 0.101. The molecule has 4 aromatic heterocycles. The Morgan fingerprint density at radius 1 is 1.46 bits per heavy atom. The van der Waals surface area contributed by atoms with Gasteiger partial charge in [0.2, 0.25) is 0 Å². The fraction of sp³-hybridized carbons (Fsp3) is 0.333. The molecule has 0 aliphatic carbocycles. The molecule has 0 spiro atoms. The lowest BCUT2D eigenvalue weighted by Crippen LogP contribution is -2.25. The standard InChI is InChI=1S/C18H17N7O/c1-10(26)18-22-15-8-21-17-14(4-5-20-17)16(15)25(18)13-3-2-12-6-11(7-19)23-24(12)9-13/h4-6,8,10,13,26H,2-3,9H2,1H3,(H,20,21)/t10-,13+/m1/s1. The number of rotatable bonds is 2. The van der Waals surface area contributed by atoms with E-state index in [1.54, 1.807) is 13.1 Å². The summed E-state index contributed by atoms with van der Waals surface area (Å²) >= 11 is 0.